The van der Waals surface area contributed by atoms with Gasteiger partial charge in [-0.3, -0.25) is 9.59 Å². The second-order valence-electron chi connectivity index (χ2n) is 6.96. The smallest absolute Gasteiger partial charge is 0.275 e. The van der Waals surface area contributed by atoms with Crippen LogP contribution in [0.4, 0.5) is 0 Å². The van der Waals surface area contributed by atoms with Gasteiger partial charge in [0.05, 0.1) is 17.3 Å². The summed E-state index contributed by atoms with van der Waals surface area (Å²) in [5.74, 6) is 0.312. The van der Waals surface area contributed by atoms with Crippen molar-refractivity contribution >= 4 is 33.8 Å². The summed E-state index contributed by atoms with van der Waals surface area (Å²) in [6.07, 6.45) is -0.692. The zero-order valence-electron chi connectivity index (χ0n) is 16.8. The third-order valence-electron chi connectivity index (χ3n) is 4.55. The number of ether oxygens (including phenoxy) is 1. The fourth-order valence-corrected chi connectivity index (χ4v) is 4.13. The van der Waals surface area contributed by atoms with E-state index in [1.807, 2.05) is 49.4 Å². The number of nitrogens with one attached hydrogen (secondary N) is 1. The summed E-state index contributed by atoms with van der Waals surface area (Å²) in [5, 5.41) is 8.23. The molecule has 0 saturated heterocycles. The molecule has 1 N–H and O–H groups in total. The van der Waals surface area contributed by atoms with E-state index in [0.717, 1.165) is 11.1 Å². The normalized spacial score (nSPS) is 12.0. The predicted octanol–water partition coefficient (Wildman–Crippen LogP) is 3.86. The Labute approximate surface area is 187 Å². The molecule has 0 aliphatic carbocycles. The van der Waals surface area contributed by atoms with Crippen molar-refractivity contribution in [1.29, 1.82) is 0 Å². The Morgan fingerprint density at radius 3 is 2.71 bits per heavy atom. The lowest BCUT2D eigenvalue weighted by Gasteiger charge is -2.14. The summed E-state index contributed by atoms with van der Waals surface area (Å²) in [6.45, 7) is 3.75. The minimum absolute atomic E-state index is 0.103. The first-order valence-electron chi connectivity index (χ1n) is 9.56. The first-order chi connectivity index (χ1) is 14.9. The predicted molar refractivity (Wildman–Crippen MR) is 121 cm³/mol. The molecule has 0 bridgehead atoms. The number of rotatable bonds is 6. The third-order valence-corrected chi connectivity index (χ3v) is 5.82. The van der Waals surface area contributed by atoms with Gasteiger partial charge < -0.3 is 10.1 Å². The second-order valence-corrected chi connectivity index (χ2v) is 8.32. The Morgan fingerprint density at radius 1 is 1.23 bits per heavy atom. The van der Waals surface area contributed by atoms with Crippen molar-refractivity contribution in [3.63, 3.8) is 0 Å². The van der Waals surface area contributed by atoms with Gasteiger partial charge in [-0.1, -0.05) is 58.8 Å². The maximum Gasteiger partial charge on any atom is 0.275 e. The van der Waals surface area contributed by atoms with Crippen LogP contribution in [0.15, 0.2) is 59.4 Å². The summed E-state index contributed by atoms with van der Waals surface area (Å²) < 4.78 is 6.89. The number of halogens is 1. The quantitative estimate of drug-likeness (QED) is 0.478. The highest BCUT2D eigenvalue weighted by molar-refractivity contribution is 7.19. The number of carbonyl (C=O) groups excluding carboxylic acids is 1. The standard InChI is InChI=1S/C22H19ClN4O3S/c1-13-7-9-16(10-8-13)30-14(2)20(29)24-12-15-11-19(28)27-22(25-15)31-21(26-27)17-5-3-4-6-18(17)23/h3-11,14H,12H2,1-2H3,(H,24,29). The molecule has 0 aliphatic heterocycles. The maximum atomic E-state index is 12.5. The average Bonchev–Trinajstić information content (AvgIpc) is 3.18. The minimum Gasteiger partial charge on any atom is -0.481 e. The number of benzene rings is 2. The number of amides is 1. The second kappa shape index (κ2) is 8.87. The lowest BCUT2D eigenvalue weighted by atomic mass is 10.2. The SMILES string of the molecule is Cc1ccc(OC(C)C(=O)NCc2cc(=O)n3nc(-c4ccccc4Cl)sc3n2)cc1. The van der Waals surface area contributed by atoms with E-state index in [4.69, 9.17) is 16.3 Å². The number of fused-ring (bicyclic) bond motifs is 1. The van der Waals surface area contributed by atoms with Crippen LogP contribution in [0.1, 0.15) is 18.2 Å². The molecule has 158 valence electrons. The number of carbonyl (C=O) groups is 1. The molecule has 2 aromatic carbocycles. The average molecular weight is 455 g/mol. The summed E-state index contributed by atoms with van der Waals surface area (Å²) in [7, 11) is 0. The highest BCUT2D eigenvalue weighted by atomic mass is 35.5. The molecule has 1 atom stereocenters. The maximum absolute atomic E-state index is 12.5. The van der Waals surface area contributed by atoms with Crippen molar-refractivity contribution in [3.8, 4) is 16.3 Å². The minimum atomic E-state index is -0.692. The summed E-state index contributed by atoms with van der Waals surface area (Å²) in [5.41, 5.74) is 1.96. The molecule has 31 heavy (non-hydrogen) atoms. The highest BCUT2D eigenvalue weighted by Gasteiger charge is 2.16. The number of aryl methyl sites for hydroxylation is 1. The van der Waals surface area contributed by atoms with Gasteiger partial charge in [0, 0.05) is 11.6 Å². The lowest BCUT2D eigenvalue weighted by molar-refractivity contribution is -0.127. The van der Waals surface area contributed by atoms with Gasteiger partial charge in [0.15, 0.2) is 6.10 Å². The molecular formula is C22H19ClN4O3S. The van der Waals surface area contributed by atoms with E-state index < -0.39 is 6.10 Å². The van der Waals surface area contributed by atoms with Crippen LogP contribution in [-0.2, 0) is 11.3 Å². The van der Waals surface area contributed by atoms with Crippen molar-refractivity contribution < 1.29 is 9.53 Å². The Hall–Kier alpha value is -3.23. The topological polar surface area (TPSA) is 85.6 Å². The number of hydrogen-bond acceptors (Lipinski definition) is 6. The molecular weight excluding hydrogens is 436 g/mol. The highest BCUT2D eigenvalue weighted by Crippen LogP contribution is 2.30. The van der Waals surface area contributed by atoms with Crippen LogP contribution in [0.5, 0.6) is 5.75 Å². The van der Waals surface area contributed by atoms with Crippen LogP contribution in [0.25, 0.3) is 15.5 Å². The molecule has 2 aromatic heterocycles. The Balaban J connectivity index is 1.47. The van der Waals surface area contributed by atoms with Gasteiger partial charge in [0.1, 0.15) is 10.8 Å². The molecule has 2 heterocycles. The number of nitrogens with zero attached hydrogens (tertiary/aromatic N) is 3. The van der Waals surface area contributed by atoms with E-state index >= 15 is 0 Å². The fourth-order valence-electron chi connectivity index (χ4n) is 2.89. The van der Waals surface area contributed by atoms with Gasteiger partial charge in [-0.05, 0) is 32.0 Å². The van der Waals surface area contributed by atoms with Gasteiger partial charge in [0.2, 0.25) is 4.96 Å². The van der Waals surface area contributed by atoms with Crippen LogP contribution >= 0.6 is 22.9 Å². The Bertz CT molecular complexity index is 1300. The van der Waals surface area contributed by atoms with Gasteiger partial charge in [-0.25, -0.2) is 4.98 Å². The Morgan fingerprint density at radius 2 is 1.97 bits per heavy atom. The Kier molecular flexibility index (Phi) is 6.01. The van der Waals surface area contributed by atoms with Crippen LogP contribution < -0.4 is 15.6 Å². The van der Waals surface area contributed by atoms with Gasteiger partial charge in [-0.15, -0.1) is 0 Å². The molecule has 4 rings (SSSR count). The van der Waals surface area contributed by atoms with Crippen molar-refractivity contribution in [2.45, 2.75) is 26.5 Å². The third kappa shape index (κ3) is 4.76. The molecule has 0 radical (unpaired) electrons. The summed E-state index contributed by atoms with van der Waals surface area (Å²) in [6, 6.07) is 16.1. The zero-order chi connectivity index (χ0) is 22.0. The van der Waals surface area contributed by atoms with E-state index in [-0.39, 0.29) is 18.0 Å². The van der Waals surface area contributed by atoms with Gasteiger partial charge >= 0.3 is 0 Å². The van der Waals surface area contributed by atoms with Crippen LogP contribution in [0.3, 0.4) is 0 Å². The van der Waals surface area contributed by atoms with Gasteiger partial charge in [-0.2, -0.15) is 9.61 Å². The first-order valence-corrected chi connectivity index (χ1v) is 10.8. The molecule has 0 fully saturated rings. The molecule has 4 aromatic rings. The van der Waals surface area contributed by atoms with Crippen molar-refractivity contribution in [2.75, 3.05) is 0 Å². The molecule has 1 amide bonds. The molecule has 7 nitrogen and oxygen atoms in total. The number of hydrogen-bond donors (Lipinski definition) is 1. The molecule has 0 spiro atoms. The van der Waals surface area contributed by atoms with E-state index in [1.54, 1.807) is 13.0 Å². The summed E-state index contributed by atoms with van der Waals surface area (Å²) in [4.78, 5) is 29.7. The van der Waals surface area contributed by atoms with E-state index in [0.29, 0.717) is 26.4 Å². The van der Waals surface area contributed by atoms with E-state index in [1.165, 1.54) is 21.9 Å². The largest absolute Gasteiger partial charge is 0.481 e. The summed E-state index contributed by atoms with van der Waals surface area (Å²) >= 11 is 7.49. The molecule has 1 unspecified atom stereocenters. The molecule has 0 saturated carbocycles. The lowest BCUT2D eigenvalue weighted by Crippen LogP contribution is -2.36. The molecule has 9 heteroatoms. The van der Waals surface area contributed by atoms with Gasteiger partial charge in [0.25, 0.3) is 11.5 Å². The monoisotopic (exact) mass is 454 g/mol. The molecule has 0 aliphatic rings. The van der Waals surface area contributed by atoms with Crippen molar-refractivity contribution in [2.24, 2.45) is 0 Å². The van der Waals surface area contributed by atoms with Crippen molar-refractivity contribution in [3.05, 3.63) is 81.2 Å². The fraction of sp³-hybridized carbons (Fsp3) is 0.182. The first kappa shape index (κ1) is 21.0. The zero-order valence-corrected chi connectivity index (χ0v) is 18.4. The van der Waals surface area contributed by atoms with E-state index in [2.05, 4.69) is 15.4 Å². The van der Waals surface area contributed by atoms with Crippen LogP contribution in [0, 0.1) is 6.92 Å². The van der Waals surface area contributed by atoms with E-state index in [9.17, 15) is 9.59 Å². The van der Waals surface area contributed by atoms with Crippen molar-refractivity contribution in [1.82, 2.24) is 19.9 Å². The van der Waals surface area contributed by atoms with Crippen LogP contribution in [-0.4, -0.2) is 26.6 Å². The number of aromatic nitrogens is 3. The van der Waals surface area contributed by atoms with Crippen LogP contribution in [0.2, 0.25) is 5.02 Å².